The fourth-order valence-electron chi connectivity index (χ4n) is 5.55. The van der Waals surface area contributed by atoms with E-state index in [9.17, 15) is 14.0 Å². The van der Waals surface area contributed by atoms with Crippen molar-refractivity contribution in [3.05, 3.63) is 94.3 Å². The molecule has 2 aromatic carbocycles. The van der Waals surface area contributed by atoms with E-state index in [2.05, 4.69) is 22.9 Å². The molecule has 4 nitrogen and oxygen atoms in total. The Balaban J connectivity index is 1.55. The number of ketones is 2. The Morgan fingerprint density at radius 3 is 2.15 bits per heavy atom. The molecule has 2 heterocycles. The zero-order valence-electron chi connectivity index (χ0n) is 18.3. The van der Waals surface area contributed by atoms with Crippen LogP contribution in [0.25, 0.3) is 10.9 Å². The van der Waals surface area contributed by atoms with Crippen molar-refractivity contribution < 1.29 is 18.7 Å². The predicted molar refractivity (Wildman–Crippen MR) is 123 cm³/mol. The van der Waals surface area contributed by atoms with Crippen LogP contribution in [0.15, 0.2) is 77.4 Å². The molecule has 0 N–H and O–H groups in total. The molecule has 0 fully saturated rings. The van der Waals surface area contributed by atoms with Crippen molar-refractivity contribution in [2.24, 2.45) is 0 Å². The van der Waals surface area contributed by atoms with E-state index < -0.39 is 0 Å². The molecule has 0 atom stereocenters. The monoisotopic (exact) mass is 441 g/mol. The number of ether oxygens (including phenoxy) is 1. The van der Waals surface area contributed by atoms with Crippen molar-refractivity contribution in [2.75, 3.05) is 0 Å². The summed E-state index contributed by atoms with van der Waals surface area (Å²) in [5.41, 5.74) is 4.32. The fraction of sp³-hybridized carbons (Fsp3) is 0.286. The van der Waals surface area contributed by atoms with Crippen LogP contribution in [0.4, 0.5) is 4.39 Å². The van der Waals surface area contributed by atoms with Crippen molar-refractivity contribution in [2.45, 2.75) is 51.0 Å². The van der Waals surface area contributed by atoms with E-state index in [-0.39, 0.29) is 23.3 Å². The Labute approximate surface area is 191 Å². The SMILES string of the molecule is O=C1CCCC2=C1C(c1cn(Cc3ccc(F)cc3)c3ccccc13)C1=C(CCCC1=O)O2. The summed E-state index contributed by atoms with van der Waals surface area (Å²) in [5, 5.41) is 1.03. The van der Waals surface area contributed by atoms with Crippen molar-refractivity contribution in [1.82, 2.24) is 4.57 Å². The van der Waals surface area contributed by atoms with Gasteiger partial charge in [0.25, 0.3) is 0 Å². The number of nitrogens with zero attached hydrogens (tertiary/aromatic N) is 1. The average Bonchev–Trinajstić information content (AvgIpc) is 3.18. The number of allylic oxidation sites excluding steroid dienone is 4. The average molecular weight is 442 g/mol. The summed E-state index contributed by atoms with van der Waals surface area (Å²) in [5.74, 6) is 1.02. The number of rotatable bonds is 3. The normalized spacial score (nSPS) is 19.1. The van der Waals surface area contributed by atoms with Crippen molar-refractivity contribution in [3.8, 4) is 0 Å². The lowest BCUT2D eigenvalue weighted by molar-refractivity contribution is -0.117. The lowest BCUT2D eigenvalue weighted by atomic mass is 9.73. The van der Waals surface area contributed by atoms with Gasteiger partial charge in [-0.2, -0.15) is 0 Å². The van der Waals surface area contributed by atoms with E-state index in [1.165, 1.54) is 12.1 Å². The molecule has 0 bridgehead atoms. The van der Waals surface area contributed by atoms with Crippen LogP contribution in [0.1, 0.15) is 55.6 Å². The van der Waals surface area contributed by atoms with Crippen molar-refractivity contribution >= 4 is 22.5 Å². The van der Waals surface area contributed by atoms with Crippen LogP contribution >= 0.6 is 0 Å². The van der Waals surface area contributed by atoms with Gasteiger partial charge < -0.3 is 9.30 Å². The van der Waals surface area contributed by atoms with Crippen LogP contribution in [0.3, 0.4) is 0 Å². The highest BCUT2D eigenvalue weighted by Crippen LogP contribution is 2.49. The maximum Gasteiger partial charge on any atom is 0.163 e. The minimum atomic E-state index is -0.385. The van der Waals surface area contributed by atoms with Crippen LogP contribution in [-0.4, -0.2) is 16.1 Å². The summed E-state index contributed by atoms with van der Waals surface area (Å²) in [7, 11) is 0. The predicted octanol–water partition coefficient (Wildman–Crippen LogP) is 5.96. The maximum absolute atomic E-state index is 13.4. The van der Waals surface area contributed by atoms with Gasteiger partial charge in [-0.3, -0.25) is 9.59 Å². The third-order valence-corrected chi connectivity index (χ3v) is 7.04. The number of benzene rings is 2. The number of aromatic nitrogens is 1. The number of hydrogen-bond acceptors (Lipinski definition) is 3. The molecule has 3 aliphatic rings. The third-order valence-electron chi connectivity index (χ3n) is 7.04. The zero-order chi connectivity index (χ0) is 22.5. The van der Waals surface area contributed by atoms with Gasteiger partial charge in [0.1, 0.15) is 17.3 Å². The second-order valence-electron chi connectivity index (χ2n) is 9.12. The van der Waals surface area contributed by atoms with E-state index in [1.54, 1.807) is 12.1 Å². The molecule has 2 aliphatic carbocycles. The van der Waals surface area contributed by atoms with Gasteiger partial charge in [-0.15, -0.1) is 0 Å². The number of carbonyl (C=O) groups is 2. The Morgan fingerprint density at radius 2 is 1.48 bits per heavy atom. The van der Waals surface area contributed by atoms with Gasteiger partial charge in [-0.25, -0.2) is 4.39 Å². The first-order valence-corrected chi connectivity index (χ1v) is 11.6. The van der Waals surface area contributed by atoms with Gasteiger partial charge in [0.05, 0.1) is 0 Å². The molecule has 0 amide bonds. The van der Waals surface area contributed by atoms with E-state index >= 15 is 0 Å². The Morgan fingerprint density at radius 1 is 0.848 bits per heavy atom. The van der Waals surface area contributed by atoms with Crippen molar-refractivity contribution in [1.29, 1.82) is 0 Å². The molecule has 1 aliphatic heterocycles. The van der Waals surface area contributed by atoms with Gasteiger partial charge in [0.15, 0.2) is 11.6 Å². The first kappa shape index (κ1) is 20.2. The van der Waals surface area contributed by atoms with Gasteiger partial charge in [0, 0.05) is 66.4 Å². The lowest BCUT2D eigenvalue weighted by Gasteiger charge is -2.35. The van der Waals surface area contributed by atoms with E-state index in [0.29, 0.717) is 30.5 Å². The minimum absolute atomic E-state index is 0.0848. The summed E-state index contributed by atoms with van der Waals surface area (Å²) >= 11 is 0. The summed E-state index contributed by atoms with van der Waals surface area (Å²) in [6, 6.07) is 14.6. The van der Waals surface area contributed by atoms with Gasteiger partial charge in [0.2, 0.25) is 0 Å². The number of para-hydroxylation sites is 1. The van der Waals surface area contributed by atoms with Crippen LogP contribution in [0.5, 0.6) is 0 Å². The highest BCUT2D eigenvalue weighted by atomic mass is 19.1. The summed E-state index contributed by atoms with van der Waals surface area (Å²) in [6.07, 6.45) is 6.09. The largest absolute Gasteiger partial charge is 0.465 e. The molecule has 0 saturated heterocycles. The van der Waals surface area contributed by atoms with Crippen molar-refractivity contribution in [3.63, 3.8) is 0 Å². The van der Waals surface area contributed by atoms with E-state index in [0.717, 1.165) is 59.2 Å². The quantitative estimate of drug-likeness (QED) is 0.504. The maximum atomic E-state index is 13.4. The third kappa shape index (κ3) is 3.34. The Hall–Kier alpha value is -3.47. The van der Waals surface area contributed by atoms with Crippen LogP contribution < -0.4 is 0 Å². The van der Waals surface area contributed by atoms with Gasteiger partial charge >= 0.3 is 0 Å². The molecule has 6 rings (SSSR count). The molecule has 0 unspecified atom stereocenters. The molecule has 0 saturated carbocycles. The molecule has 166 valence electrons. The van der Waals surface area contributed by atoms with Gasteiger partial charge in [-0.1, -0.05) is 30.3 Å². The first-order chi connectivity index (χ1) is 16.1. The Kier molecular flexibility index (Phi) is 4.79. The highest BCUT2D eigenvalue weighted by Gasteiger charge is 2.42. The molecular formula is C28H24FNO3. The van der Waals surface area contributed by atoms with E-state index in [4.69, 9.17) is 4.74 Å². The molecule has 1 aromatic heterocycles. The van der Waals surface area contributed by atoms with Crippen LogP contribution in [0, 0.1) is 5.82 Å². The number of Topliss-reactive ketones (excluding diaryl/α,β-unsaturated/α-hetero) is 2. The number of carbonyl (C=O) groups excluding carboxylic acids is 2. The molecule has 3 aromatic rings. The standard InChI is InChI=1S/C28H24FNO3/c29-18-13-11-17(12-14-18)15-30-16-20(19-5-1-2-6-21(19)30)26-27-22(31)7-3-9-24(27)33-25-10-4-8-23(32)28(25)26/h1-2,5-6,11-14,16,26H,3-4,7-10,15H2. The molecule has 0 radical (unpaired) electrons. The first-order valence-electron chi connectivity index (χ1n) is 11.6. The van der Waals surface area contributed by atoms with Gasteiger partial charge in [-0.05, 0) is 42.2 Å². The molecule has 5 heteroatoms. The second kappa shape index (κ2) is 7.84. The molecule has 0 spiro atoms. The summed E-state index contributed by atoms with van der Waals surface area (Å²) in [6.45, 7) is 0.573. The van der Waals surface area contributed by atoms with Crippen LogP contribution in [-0.2, 0) is 20.9 Å². The molecular weight excluding hydrogens is 417 g/mol. The van der Waals surface area contributed by atoms with E-state index in [1.807, 2.05) is 12.1 Å². The topological polar surface area (TPSA) is 48.3 Å². The number of hydrogen-bond donors (Lipinski definition) is 0. The second-order valence-corrected chi connectivity index (χ2v) is 9.12. The summed E-state index contributed by atoms with van der Waals surface area (Å²) in [4.78, 5) is 26.3. The molecule has 33 heavy (non-hydrogen) atoms. The fourth-order valence-corrected chi connectivity index (χ4v) is 5.55. The number of halogens is 1. The Bertz CT molecular complexity index is 1320. The lowest BCUT2D eigenvalue weighted by Crippen LogP contribution is -2.30. The zero-order valence-corrected chi connectivity index (χ0v) is 18.3. The minimum Gasteiger partial charge on any atom is -0.465 e. The smallest absolute Gasteiger partial charge is 0.163 e. The summed E-state index contributed by atoms with van der Waals surface area (Å²) < 4.78 is 21.7. The number of fused-ring (bicyclic) bond motifs is 1. The van der Waals surface area contributed by atoms with Crippen LogP contribution in [0.2, 0.25) is 0 Å². The highest BCUT2D eigenvalue weighted by molar-refractivity contribution is 6.07.